The van der Waals surface area contributed by atoms with Crippen LogP contribution in [0.4, 0.5) is 0 Å². The number of rotatable bonds is 3. The number of fused-ring (bicyclic) bond motifs is 3. The number of aromatic nitrogens is 1. The monoisotopic (exact) mass is 465 g/mol. The first kappa shape index (κ1) is 22.5. The molecule has 5 aromatic rings. The van der Waals surface area contributed by atoms with E-state index in [4.69, 9.17) is 4.98 Å². The largest absolute Gasteiger partial charge is 0.256 e. The maximum Gasteiger partial charge on any atom is 0.0748 e. The van der Waals surface area contributed by atoms with E-state index in [-0.39, 0.29) is 10.8 Å². The second kappa shape index (κ2) is 8.31. The fraction of sp³-hybridized carbons (Fsp3) is 0.171. The molecule has 0 spiro atoms. The molecule has 0 amide bonds. The highest BCUT2D eigenvalue weighted by Crippen LogP contribution is 2.55. The molecule has 1 aromatic heterocycles. The van der Waals surface area contributed by atoms with Crippen LogP contribution in [0.1, 0.15) is 38.8 Å². The SMILES string of the molecule is CC1(C)c2ccccc2-c2nccc(-c3cc(-c4ccccc4)cc(-c4ccccc4)c3)c2C1(C)C. The first-order valence-corrected chi connectivity index (χ1v) is 12.7. The average Bonchev–Trinajstić information content (AvgIpc) is 2.92. The Morgan fingerprint density at radius 2 is 1.00 bits per heavy atom. The average molecular weight is 466 g/mol. The molecular formula is C35H31N. The van der Waals surface area contributed by atoms with Gasteiger partial charge in [-0.25, -0.2) is 0 Å². The van der Waals surface area contributed by atoms with Gasteiger partial charge in [0.25, 0.3) is 0 Å². The van der Waals surface area contributed by atoms with E-state index in [9.17, 15) is 0 Å². The second-order valence-corrected chi connectivity index (χ2v) is 10.9. The van der Waals surface area contributed by atoms with Gasteiger partial charge in [-0.05, 0) is 74.2 Å². The minimum absolute atomic E-state index is 0.0479. The molecule has 176 valence electrons. The number of pyridine rings is 1. The van der Waals surface area contributed by atoms with Crippen molar-refractivity contribution < 1.29 is 0 Å². The van der Waals surface area contributed by atoms with Gasteiger partial charge in [0, 0.05) is 17.2 Å². The molecule has 36 heavy (non-hydrogen) atoms. The number of hydrogen-bond donors (Lipinski definition) is 0. The quantitative estimate of drug-likeness (QED) is 0.259. The summed E-state index contributed by atoms with van der Waals surface area (Å²) >= 11 is 0. The fourth-order valence-electron chi connectivity index (χ4n) is 5.80. The topological polar surface area (TPSA) is 12.9 Å². The minimum Gasteiger partial charge on any atom is -0.256 e. The van der Waals surface area contributed by atoms with Gasteiger partial charge in [0.2, 0.25) is 0 Å². The fourth-order valence-corrected chi connectivity index (χ4v) is 5.80. The Balaban J connectivity index is 1.66. The molecule has 0 saturated heterocycles. The first-order chi connectivity index (χ1) is 17.4. The molecule has 1 aliphatic carbocycles. The van der Waals surface area contributed by atoms with Gasteiger partial charge in [0.1, 0.15) is 0 Å². The molecule has 0 N–H and O–H groups in total. The zero-order chi connectivity index (χ0) is 24.9. The summed E-state index contributed by atoms with van der Waals surface area (Å²) < 4.78 is 0. The van der Waals surface area contributed by atoms with Crippen LogP contribution in [0.3, 0.4) is 0 Å². The van der Waals surface area contributed by atoms with Crippen LogP contribution in [0.15, 0.2) is 115 Å². The summed E-state index contributed by atoms with van der Waals surface area (Å²) in [7, 11) is 0. The van der Waals surface area contributed by atoms with Gasteiger partial charge in [0.05, 0.1) is 5.69 Å². The highest BCUT2D eigenvalue weighted by Gasteiger charge is 2.47. The molecule has 0 radical (unpaired) electrons. The van der Waals surface area contributed by atoms with Crippen LogP contribution in [0.25, 0.3) is 44.6 Å². The van der Waals surface area contributed by atoms with Crippen molar-refractivity contribution in [3.63, 3.8) is 0 Å². The molecule has 0 unspecified atom stereocenters. The van der Waals surface area contributed by atoms with E-state index in [0.29, 0.717) is 0 Å². The second-order valence-electron chi connectivity index (χ2n) is 10.9. The molecule has 0 atom stereocenters. The highest BCUT2D eigenvalue weighted by atomic mass is 14.7. The lowest BCUT2D eigenvalue weighted by Crippen LogP contribution is -2.44. The number of hydrogen-bond acceptors (Lipinski definition) is 1. The van der Waals surface area contributed by atoms with Crippen molar-refractivity contribution in [3.05, 3.63) is 127 Å². The van der Waals surface area contributed by atoms with Crippen LogP contribution in [-0.4, -0.2) is 4.98 Å². The van der Waals surface area contributed by atoms with Gasteiger partial charge < -0.3 is 0 Å². The lowest BCUT2D eigenvalue weighted by molar-refractivity contribution is 0.299. The maximum absolute atomic E-state index is 4.97. The van der Waals surface area contributed by atoms with Crippen molar-refractivity contribution in [2.24, 2.45) is 0 Å². The summed E-state index contributed by atoms with van der Waals surface area (Å²) in [6.07, 6.45) is 1.98. The summed E-state index contributed by atoms with van der Waals surface area (Å²) in [4.78, 5) is 4.97. The molecule has 0 fully saturated rings. The van der Waals surface area contributed by atoms with Gasteiger partial charge in [-0.1, -0.05) is 113 Å². The number of benzene rings is 4. The summed E-state index contributed by atoms with van der Waals surface area (Å²) in [6.45, 7) is 9.51. The molecule has 1 aliphatic rings. The Kier molecular flexibility index (Phi) is 5.19. The van der Waals surface area contributed by atoms with E-state index in [2.05, 4.69) is 137 Å². The Hall–Kier alpha value is -3.97. The third kappa shape index (κ3) is 3.42. The van der Waals surface area contributed by atoms with Crippen LogP contribution < -0.4 is 0 Å². The summed E-state index contributed by atoms with van der Waals surface area (Å²) in [5.74, 6) is 0. The van der Waals surface area contributed by atoms with Gasteiger partial charge in [0.15, 0.2) is 0 Å². The molecule has 1 heteroatoms. The standard InChI is InChI=1S/C35H31N/c1-34(2)31-18-12-11-17-30(31)33-32(35(34,3)4)29(19-20-36-33)28-22-26(24-13-7-5-8-14-24)21-27(23-28)25-15-9-6-10-16-25/h5-23H,1-4H3. The Labute approximate surface area is 214 Å². The van der Waals surface area contributed by atoms with Gasteiger partial charge in [-0.15, -0.1) is 0 Å². The molecular weight excluding hydrogens is 434 g/mol. The molecule has 0 saturated carbocycles. The third-order valence-corrected chi connectivity index (χ3v) is 8.45. The Morgan fingerprint density at radius 1 is 0.472 bits per heavy atom. The van der Waals surface area contributed by atoms with Gasteiger partial charge in [-0.2, -0.15) is 0 Å². The molecule has 0 aliphatic heterocycles. The van der Waals surface area contributed by atoms with Crippen molar-refractivity contribution in [2.45, 2.75) is 38.5 Å². The van der Waals surface area contributed by atoms with E-state index >= 15 is 0 Å². The van der Waals surface area contributed by atoms with Crippen molar-refractivity contribution in [1.29, 1.82) is 0 Å². The first-order valence-electron chi connectivity index (χ1n) is 12.7. The maximum atomic E-state index is 4.97. The lowest BCUT2D eigenvalue weighted by Gasteiger charge is -2.48. The Morgan fingerprint density at radius 3 is 1.61 bits per heavy atom. The molecule has 0 bridgehead atoms. The van der Waals surface area contributed by atoms with Crippen molar-refractivity contribution in [2.75, 3.05) is 0 Å². The minimum atomic E-state index is -0.115. The van der Waals surface area contributed by atoms with Crippen molar-refractivity contribution >= 4 is 0 Å². The smallest absolute Gasteiger partial charge is 0.0748 e. The van der Waals surface area contributed by atoms with Gasteiger partial charge in [-0.3, -0.25) is 4.98 Å². The van der Waals surface area contributed by atoms with E-state index in [0.717, 1.165) is 5.69 Å². The third-order valence-electron chi connectivity index (χ3n) is 8.45. The van der Waals surface area contributed by atoms with Crippen LogP contribution in [-0.2, 0) is 10.8 Å². The summed E-state index contributed by atoms with van der Waals surface area (Å²) in [5.41, 5.74) is 12.3. The predicted octanol–water partition coefficient (Wildman–Crippen LogP) is 9.32. The summed E-state index contributed by atoms with van der Waals surface area (Å²) in [5, 5.41) is 0. The van der Waals surface area contributed by atoms with Crippen molar-refractivity contribution in [3.8, 4) is 44.6 Å². The van der Waals surface area contributed by atoms with Crippen LogP contribution in [0.5, 0.6) is 0 Å². The highest BCUT2D eigenvalue weighted by molar-refractivity contribution is 5.87. The predicted molar refractivity (Wildman–Crippen MR) is 152 cm³/mol. The molecule has 4 aromatic carbocycles. The lowest BCUT2D eigenvalue weighted by atomic mass is 9.55. The van der Waals surface area contributed by atoms with E-state index in [1.54, 1.807) is 0 Å². The van der Waals surface area contributed by atoms with Crippen LogP contribution in [0, 0.1) is 0 Å². The number of nitrogens with zero attached hydrogens (tertiary/aromatic N) is 1. The van der Waals surface area contributed by atoms with Crippen LogP contribution >= 0.6 is 0 Å². The van der Waals surface area contributed by atoms with E-state index < -0.39 is 0 Å². The van der Waals surface area contributed by atoms with Crippen molar-refractivity contribution in [1.82, 2.24) is 4.98 Å². The van der Waals surface area contributed by atoms with Crippen LogP contribution in [0.2, 0.25) is 0 Å². The Bertz CT molecular complexity index is 1500. The zero-order valence-electron chi connectivity index (χ0n) is 21.4. The molecule has 1 heterocycles. The van der Waals surface area contributed by atoms with E-state index in [1.807, 2.05) is 6.20 Å². The zero-order valence-corrected chi connectivity index (χ0v) is 21.4. The normalized spacial score (nSPS) is 15.1. The molecule has 6 rings (SSSR count). The van der Waals surface area contributed by atoms with Gasteiger partial charge >= 0.3 is 0 Å². The van der Waals surface area contributed by atoms with E-state index in [1.165, 1.54) is 50.1 Å². The summed E-state index contributed by atoms with van der Waals surface area (Å²) in [6, 6.07) is 39.4. The molecule has 1 nitrogen and oxygen atoms in total.